The molecule has 0 radical (unpaired) electrons. The minimum absolute atomic E-state index is 0.228. The van der Waals surface area contributed by atoms with E-state index in [1.54, 1.807) is 12.0 Å². The van der Waals surface area contributed by atoms with Crippen molar-refractivity contribution in [2.75, 3.05) is 40.5 Å². The number of likely N-dealkylation sites (N-methyl/N-ethyl adjacent to an activating group) is 1. The van der Waals surface area contributed by atoms with E-state index in [-0.39, 0.29) is 5.91 Å². The van der Waals surface area contributed by atoms with Gasteiger partial charge in [0.25, 0.3) is 0 Å². The number of amides is 1. The van der Waals surface area contributed by atoms with Gasteiger partial charge in [-0.1, -0.05) is 19.3 Å². The van der Waals surface area contributed by atoms with Crippen LogP contribution in [-0.2, 0) is 14.3 Å². The average molecular weight is 259 g/mol. The second-order valence-corrected chi connectivity index (χ2v) is 4.52. The number of ether oxygens (including phenoxy) is 2. The Balaban J connectivity index is 3.35. The number of unbranched alkanes of at least 4 members (excludes halogenated alkanes) is 4. The van der Waals surface area contributed by atoms with E-state index in [1.807, 2.05) is 14.0 Å². The molecule has 0 saturated heterocycles. The lowest BCUT2D eigenvalue weighted by molar-refractivity contribution is -0.130. The second-order valence-electron chi connectivity index (χ2n) is 4.52. The lowest BCUT2D eigenvalue weighted by atomic mass is 10.1. The van der Waals surface area contributed by atoms with Crippen molar-refractivity contribution in [3.05, 3.63) is 0 Å². The van der Waals surface area contributed by atoms with Crippen molar-refractivity contribution in [2.24, 2.45) is 0 Å². The molecule has 108 valence electrons. The van der Waals surface area contributed by atoms with Crippen LogP contribution in [0.5, 0.6) is 0 Å². The van der Waals surface area contributed by atoms with Gasteiger partial charge >= 0.3 is 0 Å². The molecule has 0 aromatic carbocycles. The Morgan fingerprint density at radius 1 is 1.06 bits per heavy atom. The van der Waals surface area contributed by atoms with Crippen LogP contribution in [0.25, 0.3) is 0 Å². The van der Waals surface area contributed by atoms with E-state index in [4.69, 9.17) is 9.47 Å². The van der Waals surface area contributed by atoms with Gasteiger partial charge in [0.15, 0.2) is 0 Å². The Labute approximate surface area is 112 Å². The Bertz CT molecular complexity index is 197. The Kier molecular flexibility index (Phi) is 12.4. The van der Waals surface area contributed by atoms with E-state index in [0.717, 1.165) is 25.9 Å². The standard InChI is InChI=1S/C14H29NO3/c1-4-18-13-11-15(2)14(16)10-8-6-5-7-9-12-17-3/h4-13H2,1-3H3. The van der Waals surface area contributed by atoms with Gasteiger partial charge in [-0.3, -0.25) is 4.79 Å². The van der Waals surface area contributed by atoms with Gasteiger partial charge in [-0.15, -0.1) is 0 Å². The predicted octanol–water partition coefficient (Wildman–Crippen LogP) is 2.47. The molecule has 1 amide bonds. The number of carbonyl (C=O) groups is 1. The topological polar surface area (TPSA) is 38.8 Å². The predicted molar refractivity (Wildman–Crippen MR) is 73.7 cm³/mol. The Morgan fingerprint density at radius 2 is 1.72 bits per heavy atom. The van der Waals surface area contributed by atoms with Gasteiger partial charge in [0.1, 0.15) is 0 Å². The van der Waals surface area contributed by atoms with E-state index in [9.17, 15) is 4.79 Å². The van der Waals surface area contributed by atoms with E-state index >= 15 is 0 Å². The maximum absolute atomic E-state index is 11.7. The highest BCUT2D eigenvalue weighted by Gasteiger charge is 2.07. The highest BCUT2D eigenvalue weighted by atomic mass is 16.5. The van der Waals surface area contributed by atoms with Gasteiger partial charge in [0, 0.05) is 40.3 Å². The van der Waals surface area contributed by atoms with Gasteiger partial charge in [-0.25, -0.2) is 0 Å². The lowest BCUT2D eigenvalue weighted by Gasteiger charge is -2.16. The Morgan fingerprint density at radius 3 is 2.39 bits per heavy atom. The van der Waals surface area contributed by atoms with Crippen LogP contribution in [0.3, 0.4) is 0 Å². The zero-order valence-electron chi connectivity index (χ0n) is 12.2. The second kappa shape index (κ2) is 12.8. The van der Waals surface area contributed by atoms with Crippen molar-refractivity contribution >= 4 is 5.91 Å². The van der Waals surface area contributed by atoms with Crippen molar-refractivity contribution in [1.82, 2.24) is 4.90 Å². The van der Waals surface area contributed by atoms with Gasteiger partial charge in [-0.05, 0) is 19.8 Å². The fraction of sp³-hybridized carbons (Fsp3) is 0.929. The largest absolute Gasteiger partial charge is 0.385 e. The molecule has 0 aliphatic heterocycles. The minimum atomic E-state index is 0.228. The molecule has 0 saturated carbocycles. The third-order valence-corrected chi connectivity index (χ3v) is 2.94. The van der Waals surface area contributed by atoms with Crippen LogP contribution >= 0.6 is 0 Å². The van der Waals surface area contributed by atoms with Crippen molar-refractivity contribution in [1.29, 1.82) is 0 Å². The number of rotatable bonds is 12. The normalized spacial score (nSPS) is 10.6. The molecule has 4 heteroatoms. The molecular weight excluding hydrogens is 230 g/mol. The van der Waals surface area contributed by atoms with Crippen LogP contribution in [0.15, 0.2) is 0 Å². The SMILES string of the molecule is CCOCCN(C)C(=O)CCCCCCCOC. The fourth-order valence-corrected chi connectivity index (χ4v) is 1.71. The van der Waals surface area contributed by atoms with Gasteiger partial charge in [-0.2, -0.15) is 0 Å². The summed E-state index contributed by atoms with van der Waals surface area (Å²) in [7, 11) is 3.58. The zero-order valence-corrected chi connectivity index (χ0v) is 12.2. The summed E-state index contributed by atoms with van der Waals surface area (Å²) in [4.78, 5) is 13.5. The molecular formula is C14H29NO3. The highest BCUT2D eigenvalue weighted by Crippen LogP contribution is 2.06. The number of hydrogen-bond acceptors (Lipinski definition) is 3. The summed E-state index contributed by atoms with van der Waals surface area (Å²) >= 11 is 0. The first-order valence-corrected chi connectivity index (χ1v) is 7.03. The molecule has 0 aromatic heterocycles. The number of carbonyl (C=O) groups excluding carboxylic acids is 1. The van der Waals surface area contributed by atoms with E-state index in [1.165, 1.54) is 12.8 Å². The molecule has 0 aromatic rings. The summed E-state index contributed by atoms with van der Waals surface area (Å²) in [5, 5.41) is 0. The molecule has 0 atom stereocenters. The molecule has 0 unspecified atom stereocenters. The molecule has 4 nitrogen and oxygen atoms in total. The molecule has 0 N–H and O–H groups in total. The highest BCUT2D eigenvalue weighted by molar-refractivity contribution is 5.75. The summed E-state index contributed by atoms with van der Waals surface area (Å²) in [6, 6.07) is 0. The smallest absolute Gasteiger partial charge is 0.222 e. The first-order valence-electron chi connectivity index (χ1n) is 7.03. The molecule has 0 fully saturated rings. The van der Waals surface area contributed by atoms with Gasteiger partial charge in [0.05, 0.1) is 6.61 Å². The molecule has 0 aliphatic carbocycles. The van der Waals surface area contributed by atoms with Crippen LogP contribution < -0.4 is 0 Å². The maximum atomic E-state index is 11.7. The van der Waals surface area contributed by atoms with Crippen molar-refractivity contribution in [3.63, 3.8) is 0 Å². The molecule has 0 rings (SSSR count). The van der Waals surface area contributed by atoms with E-state index in [2.05, 4.69) is 0 Å². The summed E-state index contributed by atoms with van der Waals surface area (Å²) in [6.07, 6.45) is 6.30. The first-order chi connectivity index (χ1) is 8.72. The molecule has 0 spiro atoms. The Hall–Kier alpha value is -0.610. The van der Waals surface area contributed by atoms with Crippen molar-refractivity contribution in [3.8, 4) is 0 Å². The van der Waals surface area contributed by atoms with Crippen LogP contribution in [0, 0.1) is 0 Å². The summed E-state index contributed by atoms with van der Waals surface area (Å²) in [6.45, 7) is 4.85. The third kappa shape index (κ3) is 10.5. The van der Waals surface area contributed by atoms with Crippen molar-refractivity contribution < 1.29 is 14.3 Å². The minimum Gasteiger partial charge on any atom is -0.385 e. The summed E-state index contributed by atoms with van der Waals surface area (Å²) in [5.74, 6) is 0.228. The fourth-order valence-electron chi connectivity index (χ4n) is 1.71. The quantitative estimate of drug-likeness (QED) is 0.505. The summed E-state index contributed by atoms with van der Waals surface area (Å²) in [5.41, 5.74) is 0. The van der Waals surface area contributed by atoms with Crippen LogP contribution in [-0.4, -0.2) is 51.3 Å². The molecule has 18 heavy (non-hydrogen) atoms. The molecule has 0 bridgehead atoms. The van der Waals surface area contributed by atoms with Gasteiger partial charge < -0.3 is 14.4 Å². The molecule has 0 aliphatic rings. The van der Waals surface area contributed by atoms with E-state index in [0.29, 0.717) is 26.2 Å². The molecule has 0 heterocycles. The van der Waals surface area contributed by atoms with Crippen LogP contribution in [0.4, 0.5) is 0 Å². The monoisotopic (exact) mass is 259 g/mol. The first kappa shape index (κ1) is 17.4. The average Bonchev–Trinajstić information content (AvgIpc) is 2.37. The number of hydrogen-bond donors (Lipinski definition) is 0. The summed E-state index contributed by atoms with van der Waals surface area (Å²) < 4.78 is 10.2. The number of nitrogens with zero attached hydrogens (tertiary/aromatic N) is 1. The number of methoxy groups -OCH3 is 1. The van der Waals surface area contributed by atoms with E-state index < -0.39 is 0 Å². The maximum Gasteiger partial charge on any atom is 0.222 e. The zero-order chi connectivity index (χ0) is 13.6. The van der Waals surface area contributed by atoms with Crippen molar-refractivity contribution in [2.45, 2.75) is 45.4 Å². The third-order valence-electron chi connectivity index (χ3n) is 2.94. The van der Waals surface area contributed by atoms with Gasteiger partial charge in [0.2, 0.25) is 5.91 Å². The lowest BCUT2D eigenvalue weighted by Crippen LogP contribution is -2.29. The van der Waals surface area contributed by atoms with Crippen LogP contribution in [0.1, 0.15) is 45.4 Å². The van der Waals surface area contributed by atoms with Crippen LogP contribution in [0.2, 0.25) is 0 Å².